The number of nitrogens with one attached hydrogen (secondary N) is 1. The van der Waals surface area contributed by atoms with Crippen molar-refractivity contribution in [2.45, 2.75) is 16.4 Å². The van der Waals surface area contributed by atoms with E-state index in [1.54, 1.807) is 0 Å². The maximum absolute atomic E-state index is 12.5. The van der Waals surface area contributed by atoms with Crippen molar-refractivity contribution in [3.05, 3.63) is 52.0 Å². The predicted octanol–water partition coefficient (Wildman–Crippen LogP) is 1.93. The Hall–Kier alpha value is -1.36. The van der Waals surface area contributed by atoms with E-state index in [9.17, 15) is 16.8 Å². The fraction of sp³-hybridized carbons (Fsp3) is 0.0769. The van der Waals surface area contributed by atoms with Gasteiger partial charge in [-0.25, -0.2) is 22.0 Å². The van der Waals surface area contributed by atoms with E-state index < -0.39 is 31.5 Å². The highest BCUT2D eigenvalue weighted by Gasteiger charge is 2.23. The van der Waals surface area contributed by atoms with Gasteiger partial charge < -0.3 is 5.11 Å². The fourth-order valence-electron chi connectivity index (χ4n) is 1.88. The Morgan fingerprint density at radius 3 is 2.29 bits per heavy atom. The number of nitrogens with two attached hydrogens (primary N) is 1. The largest absolute Gasteiger partial charge is 0.392 e. The molecule has 2 aromatic carbocycles. The van der Waals surface area contributed by atoms with Crippen molar-refractivity contribution in [1.82, 2.24) is 0 Å². The molecule has 0 bridgehead atoms. The SMILES string of the molecule is NS(=O)(=O)c1cc(CO)ccc1NS(=O)(=O)c1cccc(Cl)c1Cl. The molecule has 0 radical (unpaired) electrons. The van der Waals surface area contributed by atoms with Crippen LogP contribution in [0.5, 0.6) is 0 Å². The molecule has 4 N–H and O–H groups in total. The Kier molecular flexibility index (Phi) is 5.43. The summed E-state index contributed by atoms with van der Waals surface area (Å²) < 4.78 is 50.4. The van der Waals surface area contributed by atoms with Gasteiger partial charge in [-0.3, -0.25) is 4.72 Å². The van der Waals surface area contributed by atoms with Gasteiger partial charge in [0.15, 0.2) is 0 Å². The minimum Gasteiger partial charge on any atom is -0.392 e. The Labute approximate surface area is 149 Å². The molecule has 2 rings (SSSR count). The van der Waals surface area contributed by atoms with Gasteiger partial charge in [-0.1, -0.05) is 35.3 Å². The highest BCUT2D eigenvalue weighted by atomic mass is 35.5. The number of hydrogen-bond donors (Lipinski definition) is 3. The van der Waals surface area contributed by atoms with Crippen LogP contribution >= 0.6 is 23.2 Å². The fourth-order valence-corrected chi connectivity index (χ4v) is 4.52. The second kappa shape index (κ2) is 6.87. The van der Waals surface area contributed by atoms with Crippen molar-refractivity contribution < 1.29 is 21.9 Å². The number of aliphatic hydroxyl groups excluding tert-OH is 1. The molecule has 0 saturated heterocycles. The molecule has 0 aliphatic heterocycles. The van der Waals surface area contributed by atoms with E-state index in [4.69, 9.17) is 33.4 Å². The van der Waals surface area contributed by atoms with Crippen molar-refractivity contribution in [2.24, 2.45) is 5.14 Å². The first-order valence-electron chi connectivity index (χ1n) is 6.29. The van der Waals surface area contributed by atoms with Gasteiger partial charge in [0.25, 0.3) is 10.0 Å². The summed E-state index contributed by atoms with van der Waals surface area (Å²) in [5.41, 5.74) is -0.0199. The number of anilines is 1. The molecule has 2 aromatic rings. The monoisotopic (exact) mass is 410 g/mol. The van der Waals surface area contributed by atoms with E-state index in [2.05, 4.69) is 4.72 Å². The van der Waals surface area contributed by atoms with Crippen molar-refractivity contribution >= 4 is 48.9 Å². The number of benzene rings is 2. The Balaban J connectivity index is 2.57. The second-order valence-electron chi connectivity index (χ2n) is 4.69. The lowest BCUT2D eigenvalue weighted by Crippen LogP contribution is -2.19. The van der Waals surface area contributed by atoms with Gasteiger partial charge in [-0.05, 0) is 29.8 Å². The van der Waals surface area contributed by atoms with Gasteiger partial charge in [-0.15, -0.1) is 0 Å². The summed E-state index contributed by atoms with van der Waals surface area (Å²) in [4.78, 5) is -0.793. The molecule has 0 unspecified atom stereocenters. The summed E-state index contributed by atoms with van der Waals surface area (Å²) in [6.07, 6.45) is 0. The van der Waals surface area contributed by atoms with Crippen LogP contribution in [0, 0.1) is 0 Å². The maximum Gasteiger partial charge on any atom is 0.263 e. The predicted molar refractivity (Wildman–Crippen MR) is 91.0 cm³/mol. The van der Waals surface area contributed by atoms with Gasteiger partial charge in [0.05, 0.1) is 22.3 Å². The lowest BCUT2D eigenvalue weighted by atomic mass is 10.2. The van der Waals surface area contributed by atoms with Crippen LogP contribution in [0.2, 0.25) is 10.0 Å². The van der Waals surface area contributed by atoms with Gasteiger partial charge >= 0.3 is 0 Å². The van der Waals surface area contributed by atoms with Crippen LogP contribution in [0.4, 0.5) is 5.69 Å². The normalized spacial score (nSPS) is 12.2. The summed E-state index contributed by atoms with van der Waals surface area (Å²) in [5.74, 6) is 0. The van der Waals surface area contributed by atoms with E-state index in [0.717, 1.165) is 6.07 Å². The minimum absolute atomic E-state index is 0.0295. The standard InChI is InChI=1S/C13H12Cl2N2O5S2/c14-9-2-1-3-11(13(9)15)24(21,22)17-10-5-4-8(7-18)6-12(10)23(16,19)20/h1-6,17-18H,7H2,(H2,16,19,20). The van der Waals surface area contributed by atoms with Crippen LogP contribution in [0.25, 0.3) is 0 Å². The molecule has 0 heterocycles. The zero-order valence-corrected chi connectivity index (χ0v) is 15.0. The second-order valence-corrected chi connectivity index (χ2v) is 8.66. The maximum atomic E-state index is 12.5. The molecule has 0 aliphatic carbocycles. The molecular weight excluding hydrogens is 399 g/mol. The third-order valence-electron chi connectivity index (χ3n) is 2.99. The topological polar surface area (TPSA) is 127 Å². The summed E-state index contributed by atoms with van der Waals surface area (Å²) in [6.45, 7) is -0.435. The van der Waals surface area contributed by atoms with Gasteiger partial charge in [0, 0.05) is 0 Å². The molecule has 0 spiro atoms. The van der Waals surface area contributed by atoms with Crippen molar-refractivity contribution in [3.63, 3.8) is 0 Å². The summed E-state index contributed by atoms with van der Waals surface area (Å²) in [6, 6.07) is 7.63. The lowest BCUT2D eigenvalue weighted by Gasteiger charge is -2.13. The van der Waals surface area contributed by atoms with Crippen LogP contribution in [-0.4, -0.2) is 21.9 Å². The first kappa shape index (κ1) is 19.0. The highest BCUT2D eigenvalue weighted by molar-refractivity contribution is 7.93. The van der Waals surface area contributed by atoms with E-state index in [-0.39, 0.29) is 26.2 Å². The first-order chi connectivity index (χ1) is 11.1. The van der Waals surface area contributed by atoms with Crippen molar-refractivity contribution in [2.75, 3.05) is 4.72 Å². The number of rotatable bonds is 5. The van der Waals surface area contributed by atoms with E-state index in [1.165, 1.54) is 30.3 Å². The molecule has 11 heteroatoms. The van der Waals surface area contributed by atoms with Crippen LogP contribution in [0.3, 0.4) is 0 Å². The number of sulfonamides is 2. The van der Waals surface area contributed by atoms with Crippen LogP contribution in [0.15, 0.2) is 46.2 Å². The van der Waals surface area contributed by atoms with Crippen LogP contribution in [-0.2, 0) is 26.7 Å². The highest BCUT2D eigenvalue weighted by Crippen LogP contribution is 2.31. The molecule has 7 nitrogen and oxygen atoms in total. The summed E-state index contributed by atoms with van der Waals surface area (Å²) in [7, 11) is -8.45. The molecule has 0 aromatic heterocycles. The van der Waals surface area contributed by atoms with Gasteiger partial charge in [0.1, 0.15) is 9.79 Å². The average Bonchev–Trinajstić information content (AvgIpc) is 2.48. The quantitative estimate of drug-likeness (QED) is 0.693. The molecule has 24 heavy (non-hydrogen) atoms. The van der Waals surface area contributed by atoms with E-state index >= 15 is 0 Å². The number of halogens is 2. The van der Waals surface area contributed by atoms with Crippen molar-refractivity contribution in [3.8, 4) is 0 Å². The van der Waals surface area contributed by atoms with Crippen LogP contribution < -0.4 is 9.86 Å². The van der Waals surface area contributed by atoms with Crippen molar-refractivity contribution in [1.29, 1.82) is 0 Å². The third kappa shape index (κ3) is 4.00. The molecule has 130 valence electrons. The third-order valence-corrected chi connectivity index (χ3v) is 6.27. The Morgan fingerprint density at radius 2 is 1.71 bits per heavy atom. The molecule has 0 amide bonds. The molecular formula is C13H12Cl2N2O5S2. The van der Waals surface area contributed by atoms with Crippen LogP contribution in [0.1, 0.15) is 5.56 Å². The smallest absolute Gasteiger partial charge is 0.263 e. The number of aliphatic hydroxyl groups is 1. The zero-order chi connectivity index (χ0) is 18.1. The Bertz CT molecular complexity index is 991. The minimum atomic E-state index is -4.24. The molecule has 0 fully saturated rings. The zero-order valence-electron chi connectivity index (χ0n) is 11.9. The van der Waals surface area contributed by atoms with Gasteiger partial charge in [0.2, 0.25) is 10.0 Å². The first-order valence-corrected chi connectivity index (χ1v) is 10.1. The molecule has 0 aliphatic rings. The summed E-state index contributed by atoms with van der Waals surface area (Å²) in [5, 5.41) is 14.0. The number of primary sulfonamides is 1. The molecule has 0 saturated carbocycles. The summed E-state index contributed by atoms with van der Waals surface area (Å²) >= 11 is 11.7. The number of hydrogen-bond acceptors (Lipinski definition) is 5. The van der Waals surface area contributed by atoms with Gasteiger partial charge in [-0.2, -0.15) is 0 Å². The van der Waals surface area contributed by atoms with E-state index in [0.29, 0.717) is 0 Å². The van der Waals surface area contributed by atoms with E-state index in [1.807, 2.05) is 0 Å². The Morgan fingerprint density at radius 1 is 1.04 bits per heavy atom. The average molecular weight is 411 g/mol. The lowest BCUT2D eigenvalue weighted by molar-refractivity contribution is 0.281. The molecule has 0 atom stereocenters.